The fraction of sp³-hybridized carbons (Fsp3) is 0.364. The summed E-state index contributed by atoms with van der Waals surface area (Å²) in [5.74, 6) is -0.853. The molecular formula is C11H13FO2. The average molecular weight is 196 g/mol. The molecule has 0 fully saturated rings. The highest BCUT2D eigenvalue weighted by atomic mass is 19.1. The maximum Gasteiger partial charge on any atom is 0.345 e. The molecule has 3 heteroatoms. The molecule has 1 aromatic rings. The fourth-order valence-electron chi connectivity index (χ4n) is 1.16. The number of rotatable bonds is 3. The van der Waals surface area contributed by atoms with Crippen molar-refractivity contribution in [2.45, 2.75) is 19.5 Å². The van der Waals surface area contributed by atoms with Crippen molar-refractivity contribution < 1.29 is 13.9 Å². The summed E-state index contributed by atoms with van der Waals surface area (Å²) in [4.78, 5) is 10.9. The molecule has 76 valence electrons. The van der Waals surface area contributed by atoms with E-state index >= 15 is 0 Å². The first-order valence-electron chi connectivity index (χ1n) is 4.49. The van der Waals surface area contributed by atoms with E-state index in [4.69, 9.17) is 0 Å². The van der Waals surface area contributed by atoms with Gasteiger partial charge < -0.3 is 4.74 Å². The molecule has 0 aliphatic rings. The minimum Gasteiger partial charge on any atom is -0.467 e. The summed E-state index contributed by atoms with van der Waals surface area (Å²) in [5.41, 5.74) is 1.46. The number of aryl methyl sites for hydroxylation is 1. The van der Waals surface area contributed by atoms with Gasteiger partial charge in [0.05, 0.1) is 7.11 Å². The number of ether oxygens (including phenoxy) is 1. The largest absolute Gasteiger partial charge is 0.467 e. The normalized spacial score (nSPS) is 12.2. The van der Waals surface area contributed by atoms with Crippen molar-refractivity contribution in [3.8, 4) is 0 Å². The number of hydrogen-bond donors (Lipinski definition) is 0. The summed E-state index contributed by atoms with van der Waals surface area (Å²) < 4.78 is 17.6. The first kappa shape index (κ1) is 10.7. The Morgan fingerprint density at radius 3 is 2.43 bits per heavy atom. The third kappa shape index (κ3) is 2.31. The van der Waals surface area contributed by atoms with E-state index in [0.717, 1.165) is 12.0 Å². The molecule has 14 heavy (non-hydrogen) atoms. The van der Waals surface area contributed by atoms with Crippen LogP contribution in [0.2, 0.25) is 0 Å². The van der Waals surface area contributed by atoms with Crippen molar-refractivity contribution in [2.24, 2.45) is 0 Å². The SMILES string of the molecule is CCc1ccc(C(F)C(=O)OC)cc1. The molecular weight excluding hydrogens is 183 g/mol. The van der Waals surface area contributed by atoms with Gasteiger partial charge in [-0.3, -0.25) is 0 Å². The van der Waals surface area contributed by atoms with Crippen LogP contribution in [0.15, 0.2) is 24.3 Å². The van der Waals surface area contributed by atoms with Gasteiger partial charge in [-0.1, -0.05) is 31.2 Å². The molecule has 0 radical (unpaired) electrons. The maximum absolute atomic E-state index is 13.3. The van der Waals surface area contributed by atoms with Crippen LogP contribution in [0.25, 0.3) is 0 Å². The van der Waals surface area contributed by atoms with Crippen LogP contribution in [0.4, 0.5) is 4.39 Å². The lowest BCUT2D eigenvalue weighted by Gasteiger charge is -2.06. The maximum atomic E-state index is 13.3. The summed E-state index contributed by atoms with van der Waals surface area (Å²) in [5, 5.41) is 0. The standard InChI is InChI=1S/C11H13FO2/c1-3-8-4-6-9(7-5-8)10(12)11(13)14-2/h4-7,10H,3H2,1-2H3. The van der Waals surface area contributed by atoms with Crippen LogP contribution in [-0.4, -0.2) is 13.1 Å². The van der Waals surface area contributed by atoms with Gasteiger partial charge in [-0.15, -0.1) is 0 Å². The Morgan fingerprint density at radius 2 is 2.00 bits per heavy atom. The first-order valence-corrected chi connectivity index (χ1v) is 4.49. The summed E-state index contributed by atoms with van der Waals surface area (Å²) in [6, 6.07) is 6.84. The summed E-state index contributed by atoms with van der Waals surface area (Å²) in [7, 11) is 1.18. The smallest absolute Gasteiger partial charge is 0.345 e. The lowest BCUT2D eigenvalue weighted by Crippen LogP contribution is -2.09. The Morgan fingerprint density at radius 1 is 1.43 bits per heavy atom. The fourth-order valence-corrected chi connectivity index (χ4v) is 1.16. The van der Waals surface area contributed by atoms with E-state index in [-0.39, 0.29) is 0 Å². The lowest BCUT2D eigenvalue weighted by molar-refractivity contribution is -0.146. The zero-order valence-corrected chi connectivity index (χ0v) is 8.29. The van der Waals surface area contributed by atoms with Crippen molar-refractivity contribution in [3.63, 3.8) is 0 Å². The highest BCUT2D eigenvalue weighted by molar-refractivity contribution is 5.76. The van der Waals surface area contributed by atoms with Crippen molar-refractivity contribution in [1.82, 2.24) is 0 Å². The van der Waals surface area contributed by atoms with Gasteiger partial charge in [-0.2, -0.15) is 0 Å². The van der Waals surface area contributed by atoms with Crippen molar-refractivity contribution in [3.05, 3.63) is 35.4 Å². The Kier molecular flexibility index (Phi) is 3.63. The number of esters is 1. The number of carbonyl (C=O) groups excluding carboxylic acids is 1. The number of hydrogen-bond acceptors (Lipinski definition) is 2. The second-order valence-corrected chi connectivity index (χ2v) is 2.98. The van der Waals surface area contributed by atoms with Gasteiger partial charge in [0.15, 0.2) is 0 Å². The monoisotopic (exact) mass is 196 g/mol. The first-order chi connectivity index (χ1) is 6.69. The van der Waals surface area contributed by atoms with Crippen LogP contribution >= 0.6 is 0 Å². The molecule has 1 unspecified atom stereocenters. The molecule has 0 aromatic heterocycles. The molecule has 0 N–H and O–H groups in total. The molecule has 0 bridgehead atoms. The molecule has 0 spiro atoms. The van der Waals surface area contributed by atoms with Crippen LogP contribution in [0.5, 0.6) is 0 Å². The predicted octanol–water partition coefficient (Wildman–Crippen LogP) is 2.43. The highest BCUT2D eigenvalue weighted by Crippen LogP contribution is 2.19. The minimum atomic E-state index is -1.68. The average Bonchev–Trinajstić information content (AvgIpc) is 2.27. The van der Waals surface area contributed by atoms with Crippen LogP contribution in [-0.2, 0) is 16.0 Å². The summed E-state index contributed by atoms with van der Waals surface area (Å²) >= 11 is 0. The van der Waals surface area contributed by atoms with Crippen LogP contribution < -0.4 is 0 Å². The molecule has 1 aromatic carbocycles. The molecule has 0 amide bonds. The second kappa shape index (κ2) is 4.74. The number of halogens is 1. The van der Waals surface area contributed by atoms with Crippen LogP contribution in [0.3, 0.4) is 0 Å². The number of carbonyl (C=O) groups is 1. The third-order valence-electron chi connectivity index (χ3n) is 2.09. The zero-order chi connectivity index (χ0) is 10.6. The van der Waals surface area contributed by atoms with Gasteiger partial charge in [-0.05, 0) is 17.5 Å². The lowest BCUT2D eigenvalue weighted by atomic mass is 10.1. The van der Waals surface area contributed by atoms with Gasteiger partial charge >= 0.3 is 5.97 Å². The molecule has 1 atom stereocenters. The quantitative estimate of drug-likeness (QED) is 0.694. The molecule has 0 aliphatic carbocycles. The number of alkyl halides is 1. The third-order valence-corrected chi connectivity index (χ3v) is 2.09. The van der Waals surface area contributed by atoms with Gasteiger partial charge in [0, 0.05) is 0 Å². The molecule has 0 saturated heterocycles. The van der Waals surface area contributed by atoms with E-state index in [1.807, 2.05) is 19.1 Å². The molecule has 0 heterocycles. The Balaban J connectivity index is 2.81. The van der Waals surface area contributed by atoms with E-state index < -0.39 is 12.1 Å². The molecule has 2 nitrogen and oxygen atoms in total. The van der Waals surface area contributed by atoms with Gasteiger partial charge in [0.1, 0.15) is 0 Å². The number of benzene rings is 1. The Hall–Kier alpha value is -1.38. The van der Waals surface area contributed by atoms with Gasteiger partial charge in [0.25, 0.3) is 0 Å². The topological polar surface area (TPSA) is 26.3 Å². The summed E-state index contributed by atoms with van der Waals surface area (Å²) in [6.07, 6.45) is -0.777. The Labute approximate surface area is 82.7 Å². The van der Waals surface area contributed by atoms with Crippen molar-refractivity contribution in [1.29, 1.82) is 0 Å². The van der Waals surface area contributed by atoms with E-state index in [1.165, 1.54) is 7.11 Å². The molecule has 0 saturated carbocycles. The number of methoxy groups -OCH3 is 1. The van der Waals surface area contributed by atoms with Crippen molar-refractivity contribution >= 4 is 5.97 Å². The van der Waals surface area contributed by atoms with E-state index in [2.05, 4.69) is 4.74 Å². The summed E-state index contributed by atoms with van der Waals surface area (Å²) in [6.45, 7) is 2.02. The molecule has 0 aliphatic heterocycles. The van der Waals surface area contributed by atoms with Crippen molar-refractivity contribution in [2.75, 3.05) is 7.11 Å². The zero-order valence-electron chi connectivity index (χ0n) is 8.29. The second-order valence-electron chi connectivity index (χ2n) is 2.98. The molecule has 1 rings (SSSR count). The minimum absolute atomic E-state index is 0.342. The van der Waals surface area contributed by atoms with E-state index in [9.17, 15) is 9.18 Å². The van der Waals surface area contributed by atoms with Crippen LogP contribution in [0.1, 0.15) is 24.2 Å². The van der Waals surface area contributed by atoms with E-state index in [0.29, 0.717) is 5.56 Å². The Bertz CT molecular complexity index is 306. The van der Waals surface area contributed by atoms with E-state index in [1.54, 1.807) is 12.1 Å². The predicted molar refractivity (Wildman–Crippen MR) is 51.7 cm³/mol. The van der Waals surface area contributed by atoms with Crippen LogP contribution in [0, 0.1) is 0 Å². The van der Waals surface area contributed by atoms with Gasteiger partial charge in [-0.25, -0.2) is 9.18 Å². The highest BCUT2D eigenvalue weighted by Gasteiger charge is 2.19. The van der Waals surface area contributed by atoms with Gasteiger partial charge in [0.2, 0.25) is 6.17 Å².